The van der Waals surface area contributed by atoms with Gasteiger partial charge in [-0.2, -0.15) is 8.42 Å². The highest BCUT2D eigenvalue weighted by molar-refractivity contribution is 7.81. The van der Waals surface area contributed by atoms with Crippen molar-refractivity contribution in [3.05, 3.63) is 0 Å². The zero-order valence-electron chi connectivity index (χ0n) is 7.66. The largest absolute Gasteiger partial charge is 0.726 e. The van der Waals surface area contributed by atoms with Crippen LogP contribution in [0.2, 0.25) is 0 Å². The number of hydrogen-bond acceptors (Lipinski definition) is 7. The van der Waals surface area contributed by atoms with Gasteiger partial charge in [0.15, 0.2) is 0 Å². The number of unbranched alkanes of at least 4 members (excludes halogenated alkanes) is 2. The third-order valence-electron chi connectivity index (χ3n) is 1.25. The molecule has 0 aromatic rings. The van der Waals surface area contributed by atoms with Crippen LogP contribution in [0.3, 0.4) is 0 Å². The molecular weight excluding hydrogens is 252 g/mol. The zero-order chi connectivity index (χ0) is 11.9. The van der Waals surface area contributed by atoms with E-state index in [2.05, 4.69) is 8.37 Å². The Labute approximate surface area is 88.1 Å². The molecule has 15 heavy (non-hydrogen) atoms. The van der Waals surface area contributed by atoms with E-state index in [0.717, 1.165) is 0 Å². The van der Waals surface area contributed by atoms with E-state index >= 15 is 0 Å². The van der Waals surface area contributed by atoms with Gasteiger partial charge in [-0.15, -0.1) is 0 Å². The topological polar surface area (TPSA) is 130 Å². The first-order valence-corrected chi connectivity index (χ1v) is 6.63. The third-order valence-corrected chi connectivity index (χ3v) is 2.17. The summed E-state index contributed by atoms with van der Waals surface area (Å²) >= 11 is 0. The Balaban J connectivity index is 3.34. The van der Waals surface area contributed by atoms with Gasteiger partial charge in [-0.05, 0) is 19.3 Å². The van der Waals surface area contributed by atoms with Gasteiger partial charge in [0, 0.05) is 0 Å². The lowest BCUT2D eigenvalue weighted by atomic mass is 10.2. The first-order valence-electron chi connectivity index (χ1n) is 3.93. The minimum atomic E-state index is -4.66. The summed E-state index contributed by atoms with van der Waals surface area (Å²) in [6.45, 7) is -0.458. The fourth-order valence-electron chi connectivity index (χ4n) is 0.706. The molecule has 0 spiro atoms. The molecule has 0 aliphatic heterocycles. The lowest BCUT2D eigenvalue weighted by molar-refractivity contribution is 0.242. The van der Waals surface area contributed by atoms with E-state index in [1.54, 1.807) is 0 Å². The first-order chi connectivity index (χ1) is 6.71. The van der Waals surface area contributed by atoms with Crippen molar-refractivity contribution in [2.24, 2.45) is 0 Å². The summed E-state index contributed by atoms with van der Waals surface area (Å²) in [6.07, 6.45) is 0.976. The van der Waals surface area contributed by atoms with Gasteiger partial charge < -0.3 is 4.55 Å². The predicted octanol–water partition coefficient (Wildman–Crippen LogP) is -0.547. The number of hydrogen-bond donors (Lipinski definition) is 1. The van der Waals surface area contributed by atoms with Crippen molar-refractivity contribution >= 4 is 20.8 Å². The Morgan fingerprint density at radius 3 is 1.80 bits per heavy atom. The van der Waals surface area contributed by atoms with E-state index in [0.29, 0.717) is 12.8 Å². The molecule has 0 aliphatic rings. The lowest BCUT2D eigenvalue weighted by Gasteiger charge is -2.06. The summed E-state index contributed by atoms with van der Waals surface area (Å²) in [5.74, 6) is 0. The molecule has 0 saturated carbocycles. The van der Waals surface area contributed by atoms with Crippen LogP contribution in [0.5, 0.6) is 0 Å². The van der Waals surface area contributed by atoms with Crippen LogP contribution in [0.4, 0.5) is 0 Å². The summed E-state index contributed by atoms with van der Waals surface area (Å²) in [6, 6.07) is 0. The van der Waals surface area contributed by atoms with Crippen LogP contribution in [0, 0.1) is 0 Å². The highest BCUT2D eigenvalue weighted by atomic mass is 32.3. The molecule has 0 rings (SSSR count). The molecule has 0 aromatic heterocycles. The minimum absolute atomic E-state index is 0.205. The molecule has 0 bridgehead atoms. The van der Waals surface area contributed by atoms with Gasteiger partial charge in [0.25, 0.3) is 0 Å². The van der Waals surface area contributed by atoms with E-state index in [9.17, 15) is 21.4 Å². The molecule has 0 aromatic carbocycles. The molecule has 0 atom stereocenters. The fourth-order valence-corrected chi connectivity index (χ4v) is 1.36. The van der Waals surface area contributed by atoms with Crippen molar-refractivity contribution in [1.29, 1.82) is 0 Å². The molecule has 1 N–H and O–H groups in total. The van der Waals surface area contributed by atoms with Gasteiger partial charge in [-0.3, -0.25) is 8.74 Å². The molecule has 0 fully saturated rings. The van der Waals surface area contributed by atoms with Crippen LogP contribution in [0.15, 0.2) is 0 Å². The normalized spacial score (nSPS) is 12.9. The Kier molecular flexibility index (Phi) is 6.24. The second-order valence-corrected chi connectivity index (χ2v) is 4.68. The Morgan fingerprint density at radius 2 is 1.40 bits per heavy atom. The lowest BCUT2D eigenvalue weighted by Crippen LogP contribution is -2.07. The molecule has 8 nitrogen and oxygen atoms in total. The van der Waals surface area contributed by atoms with E-state index < -0.39 is 20.8 Å². The smallest absolute Gasteiger partial charge is 0.397 e. The average molecular weight is 263 g/mol. The van der Waals surface area contributed by atoms with Crippen LogP contribution in [0.25, 0.3) is 0 Å². The molecule has 0 amide bonds. The van der Waals surface area contributed by atoms with Crippen molar-refractivity contribution in [2.45, 2.75) is 19.3 Å². The van der Waals surface area contributed by atoms with E-state index in [4.69, 9.17) is 4.55 Å². The molecule has 0 saturated heterocycles. The maximum atomic E-state index is 10.0. The van der Waals surface area contributed by atoms with Crippen molar-refractivity contribution in [2.75, 3.05) is 13.2 Å². The maximum Gasteiger partial charge on any atom is 0.397 e. The standard InChI is InChI=1S/C5H12O8S2/c6-14(7,8)12-4-2-1-3-5-13-15(9,10)11/h1-5H2,(H,6,7,8)(H,9,10,11)/p-1. The van der Waals surface area contributed by atoms with Crippen LogP contribution < -0.4 is 0 Å². The van der Waals surface area contributed by atoms with Crippen LogP contribution in [-0.2, 0) is 29.2 Å². The highest BCUT2D eigenvalue weighted by Crippen LogP contribution is 1.99. The summed E-state index contributed by atoms with van der Waals surface area (Å²) in [7, 11) is -9.07. The van der Waals surface area contributed by atoms with Gasteiger partial charge in [0.1, 0.15) is 0 Å². The van der Waals surface area contributed by atoms with Crippen molar-refractivity contribution in [3.63, 3.8) is 0 Å². The first kappa shape index (κ1) is 14.7. The summed E-state index contributed by atoms with van der Waals surface area (Å²) in [5.41, 5.74) is 0. The van der Waals surface area contributed by atoms with Gasteiger partial charge in [-0.25, -0.2) is 12.6 Å². The van der Waals surface area contributed by atoms with Crippen LogP contribution >= 0.6 is 0 Å². The third kappa shape index (κ3) is 13.7. The average Bonchev–Trinajstić information content (AvgIpc) is 1.98. The summed E-state index contributed by atoms with van der Waals surface area (Å²) in [4.78, 5) is 0. The summed E-state index contributed by atoms with van der Waals surface area (Å²) < 4.78 is 65.9. The Hall–Kier alpha value is -0.260. The van der Waals surface area contributed by atoms with E-state index in [1.165, 1.54) is 0 Å². The molecular formula is C5H11O8S2-. The second kappa shape index (κ2) is 6.35. The SMILES string of the molecule is O=S(=O)([O-])OCCCCCOS(=O)(=O)O. The Morgan fingerprint density at radius 1 is 0.933 bits per heavy atom. The molecule has 0 heterocycles. The predicted molar refractivity (Wildman–Crippen MR) is 47.0 cm³/mol. The van der Waals surface area contributed by atoms with Gasteiger partial charge in [0.05, 0.1) is 13.2 Å². The van der Waals surface area contributed by atoms with Gasteiger partial charge in [0.2, 0.25) is 10.4 Å². The van der Waals surface area contributed by atoms with E-state index in [-0.39, 0.29) is 19.6 Å². The maximum absolute atomic E-state index is 10.0. The molecule has 0 unspecified atom stereocenters. The monoisotopic (exact) mass is 263 g/mol. The highest BCUT2D eigenvalue weighted by Gasteiger charge is 2.02. The molecule has 10 heteroatoms. The second-order valence-electron chi connectivity index (χ2n) is 2.54. The van der Waals surface area contributed by atoms with Crippen LogP contribution in [-0.4, -0.2) is 39.2 Å². The quantitative estimate of drug-likeness (QED) is 0.351. The minimum Gasteiger partial charge on any atom is -0.726 e. The van der Waals surface area contributed by atoms with Crippen molar-refractivity contribution in [1.82, 2.24) is 0 Å². The van der Waals surface area contributed by atoms with Gasteiger partial charge in [-0.1, -0.05) is 0 Å². The Bertz CT molecular complexity index is 318. The molecule has 0 radical (unpaired) electrons. The molecule has 92 valence electrons. The fraction of sp³-hybridized carbons (Fsp3) is 1.00. The van der Waals surface area contributed by atoms with Crippen LogP contribution in [0.1, 0.15) is 19.3 Å². The zero-order valence-corrected chi connectivity index (χ0v) is 9.29. The summed E-state index contributed by atoms with van der Waals surface area (Å²) in [5, 5.41) is 0. The number of rotatable bonds is 8. The van der Waals surface area contributed by atoms with E-state index in [1.807, 2.05) is 0 Å². The van der Waals surface area contributed by atoms with Crippen molar-refractivity contribution < 1.29 is 34.3 Å². The van der Waals surface area contributed by atoms with Gasteiger partial charge >= 0.3 is 10.4 Å². The van der Waals surface area contributed by atoms with Crippen molar-refractivity contribution in [3.8, 4) is 0 Å². The molecule has 0 aliphatic carbocycles.